The van der Waals surface area contributed by atoms with E-state index in [2.05, 4.69) is 4.98 Å². The van der Waals surface area contributed by atoms with Crippen LogP contribution in [0.25, 0.3) is 10.9 Å². The molecule has 6 nitrogen and oxygen atoms in total. The van der Waals surface area contributed by atoms with Gasteiger partial charge in [0.05, 0.1) is 12.5 Å². The van der Waals surface area contributed by atoms with Gasteiger partial charge in [0.1, 0.15) is 0 Å². The molecule has 3 rings (SSSR count). The van der Waals surface area contributed by atoms with Crippen molar-refractivity contribution in [2.24, 2.45) is 0 Å². The predicted octanol–water partition coefficient (Wildman–Crippen LogP) is 2.26. The number of hydrogen-bond acceptors (Lipinski definition) is 3. The minimum absolute atomic E-state index is 0.00182. The van der Waals surface area contributed by atoms with Crippen LogP contribution in [-0.2, 0) is 9.53 Å². The van der Waals surface area contributed by atoms with Crippen LogP contribution in [0.4, 0.5) is 0 Å². The van der Waals surface area contributed by atoms with E-state index in [1.54, 1.807) is 17.0 Å². The molecule has 0 aliphatic carbocycles. The average Bonchev–Trinajstić information content (AvgIpc) is 3.20. The first-order valence-electron chi connectivity index (χ1n) is 7.83. The van der Waals surface area contributed by atoms with Crippen molar-refractivity contribution in [2.75, 3.05) is 19.7 Å². The molecule has 122 valence electrons. The molecule has 2 aromatic rings. The van der Waals surface area contributed by atoms with Crippen molar-refractivity contribution in [3.8, 4) is 0 Å². The van der Waals surface area contributed by atoms with Crippen LogP contribution < -0.4 is 0 Å². The van der Waals surface area contributed by atoms with Gasteiger partial charge in [-0.05, 0) is 36.4 Å². The van der Waals surface area contributed by atoms with E-state index in [9.17, 15) is 9.59 Å². The summed E-state index contributed by atoms with van der Waals surface area (Å²) in [5, 5.41) is 9.95. The Balaban J connectivity index is 1.77. The molecule has 1 saturated heterocycles. The monoisotopic (exact) mass is 316 g/mol. The number of aliphatic carboxylic acids is 1. The molecule has 0 unspecified atom stereocenters. The average molecular weight is 316 g/mol. The van der Waals surface area contributed by atoms with Gasteiger partial charge in [-0.15, -0.1) is 0 Å². The number of amides is 1. The molecule has 1 aliphatic heterocycles. The maximum Gasteiger partial charge on any atom is 0.305 e. The zero-order valence-electron chi connectivity index (χ0n) is 12.8. The summed E-state index contributed by atoms with van der Waals surface area (Å²) in [5.74, 6) is -1.06. The molecular formula is C17H20N2O4. The summed E-state index contributed by atoms with van der Waals surface area (Å²) in [5.41, 5.74) is 1.45. The third kappa shape index (κ3) is 3.71. The molecule has 23 heavy (non-hydrogen) atoms. The third-order valence-electron chi connectivity index (χ3n) is 4.13. The van der Waals surface area contributed by atoms with E-state index in [1.807, 2.05) is 18.3 Å². The van der Waals surface area contributed by atoms with Gasteiger partial charge in [-0.1, -0.05) is 6.07 Å². The Morgan fingerprint density at radius 3 is 2.96 bits per heavy atom. The minimum Gasteiger partial charge on any atom is -0.481 e. The highest BCUT2D eigenvalue weighted by Gasteiger charge is 2.24. The molecule has 6 heteroatoms. The number of carbonyl (C=O) groups is 2. The van der Waals surface area contributed by atoms with Crippen LogP contribution in [0.5, 0.6) is 0 Å². The van der Waals surface area contributed by atoms with Gasteiger partial charge >= 0.3 is 5.97 Å². The number of hydrogen-bond donors (Lipinski definition) is 2. The maximum absolute atomic E-state index is 12.8. The highest BCUT2D eigenvalue weighted by molar-refractivity contribution is 5.98. The van der Waals surface area contributed by atoms with Gasteiger partial charge in [0, 0.05) is 37.0 Å². The molecule has 0 bridgehead atoms. The van der Waals surface area contributed by atoms with Crippen molar-refractivity contribution in [1.29, 1.82) is 0 Å². The van der Waals surface area contributed by atoms with E-state index in [-0.39, 0.29) is 25.0 Å². The summed E-state index contributed by atoms with van der Waals surface area (Å²) in [6.07, 6.45) is 3.66. The van der Waals surface area contributed by atoms with Crippen molar-refractivity contribution >= 4 is 22.8 Å². The zero-order chi connectivity index (χ0) is 16.2. The molecule has 1 fully saturated rings. The van der Waals surface area contributed by atoms with E-state index >= 15 is 0 Å². The summed E-state index contributed by atoms with van der Waals surface area (Å²) in [6, 6.07) is 7.42. The van der Waals surface area contributed by atoms with E-state index < -0.39 is 5.97 Å². The standard InChI is InChI=1S/C17H20N2O4/c20-16(21)6-8-19(11-14-2-1-9-23-14)17(22)13-4-3-12-5-7-18-15(12)10-13/h3-5,7,10,14,18H,1-2,6,8-9,11H2,(H,20,21)/t14-/m1/s1. The van der Waals surface area contributed by atoms with Gasteiger partial charge in [0.15, 0.2) is 0 Å². The molecule has 2 heterocycles. The summed E-state index contributed by atoms with van der Waals surface area (Å²) in [6.45, 7) is 1.34. The fraction of sp³-hybridized carbons (Fsp3) is 0.412. The number of nitrogens with one attached hydrogen (secondary N) is 1. The molecule has 1 amide bonds. The zero-order valence-corrected chi connectivity index (χ0v) is 12.8. The van der Waals surface area contributed by atoms with Crippen molar-refractivity contribution in [1.82, 2.24) is 9.88 Å². The lowest BCUT2D eigenvalue weighted by Gasteiger charge is -2.25. The molecule has 1 aromatic carbocycles. The summed E-state index contributed by atoms with van der Waals surface area (Å²) >= 11 is 0. The molecule has 1 aliphatic rings. The molecule has 0 radical (unpaired) electrons. The van der Waals surface area contributed by atoms with Crippen molar-refractivity contribution in [3.63, 3.8) is 0 Å². The van der Waals surface area contributed by atoms with Crippen molar-refractivity contribution in [2.45, 2.75) is 25.4 Å². The smallest absolute Gasteiger partial charge is 0.305 e. The first kappa shape index (κ1) is 15.6. The lowest BCUT2D eigenvalue weighted by atomic mass is 10.1. The second-order valence-electron chi connectivity index (χ2n) is 5.81. The highest BCUT2D eigenvalue weighted by atomic mass is 16.5. The Morgan fingerprint density at radius 1 is 1.35 bits per heavy atom. The van der Waals surface area contributed by atoms with Gasteiger partial charge < -0.3 is 19.7 Å². The maximum atomic E-state index is 12.8. The topological polar surface area (TPSA) is 82.6 Å². The second kappa shape index (κ2) is 6.83. The van der Waals surface area contributed by atoms with Crippen LogP contribution in [0.1, 0.15) is 29.6 Å². The van der Waals surface area contributed by atoms with E-state index in [0.29, 0.717) is 18.7 Å². The largest absolute Gasteiger partial charge is 0.481 e. The molecule has 0 spiro atoms. The first-order chi connectivity index (χ1) is 11.1. The number of H-pyrrole nitrogens is 1. The molecule has 1 atom stereocenters. The van der Waals surface area contributed by atoms with Gasteiger partial charge in [-0.3, -0.25) is 9.59 Å². The summed E-state index contributed by atoms with van der Waals surface area (Å²) < 4.78 is 5.59. The number of nitrogens with zero attached hydrogens (tertiary/aromatic N) is 1. The number of ether oxygens (including phenoxy) is 1. The Labute approximate surface area is 134 Å². The fourth-order valence-electron chi connectivity index (χ4n) is 2.90. The van der Waals surface area contributed by atoms with Crippen LogP contribution >= 0.6 is 0 Å². The van der Waals surface area contributed by atoms with Crippen LogP contribution in [-0.4, -0.2) is 52.7 Å². The Bertz CT molecular complexity index is 703. The Hall–Kier alpha value is -2.34. The normalized spacial score (nSPS) is 17.5. The number of carbonyl (C=O) groups excluding carboxylic acids is 1. The van der Waals surface area contributed by atoms with Crippen molar-refractivity contribution in [3.05, 3.63) is 36.0 Å². The Kier molecular flexibility index (Phi) is 4.62. The number of fused-ring (bicyclic) bond motifs is 1. The molecular weight excluding hydrogens is 296 g/mol. The highest BCUT2D eigenvalue weighted by Crippen LogP contribution is 2.18. The minimum atomic E-state index is -0.907. The molecule has 0 saturated carbocycles. The lowest BCUT2D eigenvalue weighted by molar-refractivity contribution is -0.137. The van der Waals surface area contributed by atoms with Gasteiger partial charge in [-0.2, -0.15) is 0 Å². The number of carboxylic acids is 1. The molecule has 1 aromatic heterocycles. The number of aromatic nitrogens is 1. The van der Waals surface area contributed by atoms with Crippen molar-refractivity contribution < 1.29 is 19.4 Å². The fourth-order valence-corrected chi connectivity index (χ4v) is 2.90. The first-order valence-corrected chi connectivity index (χ1v) is 7.83. The second-order valence-corrected chi connectivity index (χ2v) is 5.81. The van der Waals surface area contributed by atoms with E-state index in [1.165, 1.54) is 0 Å². The van der Waals surface area contributed by atoms with E-state index in [0.717, 1.165) is 23.7 Å². The SMILES string of the molecule is O=C(O)CCN(C[C@H]1CCCO1)C(=O)c1ccc2cc[nH]c2c1. The van der Waals surface area contributed by atoms with Crippen LogP contribution in [0.2, 0.25) is 0 Å². The third-order valence-corrected chi connectivity index (χ3v) is 4.13. The lowest BCUT2D eigenvalue weighted by Crippen LogP contribution is -2.38. The molecule has 2 N–H and O–H groups in total. The number of carboxylic acid groups (broad SMARTS) is 1. The quantitative estimate of drug-likeness (QED) is 0.856. The number of benzene rings is 1. The van der Waals surface area contributed by atoms with Gasteiger partial charge in [0.2, 0.25) is 0 Å². The number of rotatable bonds is 6. The van der Waals surface area contributed by atoms with E-state index in [4.69, 9.17) is 9.84 Å². The summed E-state index contributed by atoms with van der Waals surface area (Å²) in [7, 11) is 0. The van der Waals surface area contributed by atoms with Gasteiger partial charge in [-0.25, -0.2) is 0 Å². The van der Waals surface area contributed by atoms with Crippen LogP contribution in [0.3, 0.4) is 0 Å². The van der Waals surface area contributed by atoms with Crippen LogP contribution in [0.15, 0.2) is 30.5 Å². The van der Waals surface area contributed by atoms with Crippen LogP contribution in [0, 0.1) is 0 Å². The summed E-state index contributed by atoms with van der Waals surface area (Å²) in [4.78, 5) is 28.3. The Morgan fingerprint density at radius 2 is 2.22 bits per heavy atom. The number of aromatic amines is 1. The van der Waals surface area contributed by atoms with Gasteiger partial charge in [0.25, 0.3) is 5.91 Å². The predicted molar refractivity (Wildman–Crippen MR) is 85.4 cm³/mol.